The zero-order valence-corrected chi connectivity index (χ0v) is 25.2. The van der Waals surface area contributed by atoms with E-state index in [0.29, 0.717) is 11.4 Å². The minimum absolute atomic E-state index is 0.0971. The normalized spacial score (nSPS) is 13.3. The maximum atomic E-state index is 11.6. The molecule has 0 fully saturated rings. The van der Waals surface area contributed by atoms with Crippen molar-refractivity contribution in [1.82, 2.24) is 19.7 Å². The third kappa shape index (κ3) is 6.74. The molecule has 0 bridgehead atoms. The highest BCUT2D eigenvalue weighted by atomic mass is 32.1. The SMILES string of the molecule is CC(=O)c1csc2c1CCN(Cc1cnc(N)c(C=N)c1)C2.CCc1cc(C(C)(C)C)nn1-c1ccc(C)cc1. The van der Waals surface area contributed by atoms with Crippen molar-refractivity contribution >= 4 is 29.2 Å². The summed E-state index contributed by atoms with van der Waals surface area (Å²) in [6, 6.07) is 12.7. The Morgan fingerprint density at radius 1 is 1.20 bits per heavy atom. The zero-order chi connectivity index (χ0) is 29.0. The molecule has 3 aromatic heterocycles. The fourth-order valence-corrected chi connectivity index (χ4v) is 5.94. The van der Waals surface area contributed by atoms with E-state index >= 15 is 0 Å². The number of carbonyl (C=O) groups excluding carboxylic acids is 1. The van der Waals surface area contributed by atoms with Crippen LogP contribution in [0.3, 0.4) is 0 Å². The van der Waals surface area contributed by atoms with Gasteiger partial charge < -0.3 is 11.1 Å². The zero-order valence-electron chi connectivity index (χ0n) is 24.4. The fourth-order valence-electron chi connectivity index (χ4n) is 4.76. The molecule has 4 aromatic rings. The average Bonchev–Trinajstić information content (AvgIpc) is 3.55. The summed E-state index contributed by atoms with van der Waals surface area (Å²) in [5.41, 5.74) is 14.5. The molecule has 0 radical (unpaired) electrons. The topological polar surface area (TPSA) is 101 Å². The van der Waals surface area contributed by atoms with E-state index < -0.39 is 0 Å². The number of nitrogens with zero attached hydrogens (tertiary/aromatic N) is 4. The number of hydrogen-bond donors (Lipinski definition) is 2. The third-order valence-corrected chi connectivity index (χ3v) is 8.18. The molecule has 0 aliphatic carbocycles. The number of rotatable bonds is 6. The predicted octanol–water partition coefficient (Wildman–Crippen LogP) is 6.52. The van der Waals surface area contributed by atoms with Crippen LogP contribution in [0.4, 0.5) is 5.82 Å². The number of pyridine rings is 1. The molecular formula is C32H40N6OS. The van der Waals surface area contributed by atoms with Crippen molar-refractivity contribution in [3.8, 4) is 5.69 Å². The second-order valence-corrected chi connectivity index (χ2v) is 12.4. The number of benzene rings is 1. The largest absolute Gasteiger partial charge is 0.383 e. The van der Waals surface area contributed by atoms with Crippen molar-refractivity contribution in [3.63, 3.8) is 0 Å². The Kier molecular flexibility index (Phi) is 9.01. The summed E-state index contributed by atoms with van der Waals surface area (Å²) >= 11 is 1.67. The number of nitrogens with two attached hydrogens (primary N) is 1. The lowest BCUT2D eigenvalue weighted by Crippen LogP contribution is -2.29. The number of anilines is 1. The molecule has 0 amide bonds. The van der Waals surface area contributed by atoms with Gasteiger partial charge in [-0.2, -0.15) is 5.10 Å². The molecule has 0 saturated heterocycles. The van der Waals surface area contributed by atoms with Gasteiger partial charge in [0.1, 0.15) is 5.82 Å². The van der Waals surface area contributed by atoms with Gasteiger partial charge in [-0.15, -0.1) is 11.3 Å². The van der Waals surface area contributed by atoms with Crippen LogP contribution < -0.4 is 5.73 Å². The van der Waals surface area contributed by atoms with E-state index in [9.17, 15) is 4.79 Å². The molecule has 5 rings (SSSR count). The van der Waals surface area contributed by atoms with Gasteiger partial charge in [-0.3, -0.25) is 9.69 Å². The lowest BCUT2D eigenvalue weighted by Gasteiger charge is -2.27. The van der Waals surface area contributed by atoms with Crippen LogP contribution in [0, 0.1) is 12.3 Å². The standard InChI is InChI=1S/C16H18N4OS.C16H22N2/c1-10(21)14-9-22-15-8-20(3-2-13(14)15)7-11-4-12(5-17)16(18)19-6-11;1-6-13-11-15(16(3,4)5)17-18(13)14-9-7-12(2)8-10-14/h4-6,9,17H,2-3,7-8H2,1H3,(H2,18,19);7-11H,6H2,1-5H3. The highest BCUT2D eigenvalue weighted by Gasteiger charge is 2.23. The quantitative estimate of drug-likeness (QED) is 0.208. The molecule has 40 heavy (non-hydrogen) atoms. The Hall–Kier alpha value is -3.62. The first-order chi connectivity index (χ1) is 19.0. The van der Waals surface area contributed by atoms with E-state index in [1.807, 2.05) is 11.4 Å². The number of hydrogen-bond acceptors (Lipinski definition) is 7. The number of fused-ring (bicyclic) bond motifs is 1. The van der Waals surface area contributed by atoms with Gasteiger partial charge >= 0.3 is 0 Å². The molecule has 1 aromatic carbocycles. The molecule has 0 unspecified atom stereocenters. The molecule has 1 aliphatic rings. The summed E-state index contributed by atoms with van der Waals surface area (Å²) in [7, 11) is 0. The summed E-state index contributed by atoms with van der Waals surface area (Å²) in [6.07, 6.45) is 4.91. The predicted molar refractivity (Wildman–Crippen MR) is 165 cm³/mol. The number of nitrogen functional groups attached to an aromatic ring is 1. The molecule has 4 heterocycles. The van der Waals surface area contributed by atoms with Gasteiger partial charge in [-0.05, 0) is 62.1 Å². The minimum atomic E-state index is 0.0971. The van der Waals surface area contributed by atoms with Crippen molar-refractivity contribution in [2.24, 2.45) is 0 Å². The molecule has 1 aliphatic heterocycles. The molecule has 0 atom stereocenters. The lowest BCUT2D eigenvalue weighted by atomic mass is 9.92. The highest BCUT2D eigenvalue weighted by Crippen LogP contribution is 2.30. The second-order valence-electron chi connectivity index (χ2n) is 11.4. The number of carbonyl (C=O) groups is 1. The maximum absolute atomic E-state index is 11.6. The summed E-state index contributed by atoms with van der Waals surface area (Å²) in [4.78, 5) is 19.4. The van der Waals surface area contributed by atoms with Crippen LogP contribution in [0.15, 0.2) is 48.0 Å². The Balaban J connectivity index is 0.000000189. The van der Waals surface area contributed by atoms with E-state index in [-0.39, 0.29) is 11.2 Å². The van der Waals surface area contributed by atoms with E-state index in [2.05, 4.69) is 79.5 Å². The van der Waals surface area contributed by atoms with Crippen molar-refractivity contribution in [1.29, 1.82) is 5.41 Å². The summed E-state index contributed by atoms with van der Waals surface area (Å²) in [5, 5.41) is 14.1. The number of Topliss-reactive ketones (excluding diaryl/α,β-unsaturated/α-hetero) is 1. The van der Waals surface area contributed by atoms with Gasteiger partial charge in [-0.25, -0.2) is 9.67 Å². The van der Waals surface area contributed by atoms with Crippen LogP contribution in [0.2, 0.25) is 0 Å². The van der Waals surface area contributed by atoms with Crippen molar-refractivity contribution in [2.75, 3.05) is 12.3 Å². The summed E-state index contributed by atoms with van der Waals surface area (Å²) in [5.74, 6) is 0.549. The van der Waals surface area contributed by atoms with Crippen molar-refractivity contribution < 1.29 is 4.79 Å². The molecule has 0 saturated carbocycles. The average molecular weight is 557 g/mol. The van der Waals surface area contributed by atoms with Crippen LogP contribution in [0.25, 0.3) is 5.69 Å². The Morgan fingerprint density at radius 3 is 2.55 bits per heavy atom. The van der Waals surface area contributed by atoms with Crippen LogP contribution in [-0.4, -0.2) is 38.2 Å². The molecule has 3 N–H and O–H groups in total. The Labute approximate surface area is 241 Å². The monoisotopic (exact) mass is 556 g/mol. The first-order valence-electron chi connectivity index (χ1n) is 13.7. The van der Waals surface area contributed by atoms with Gasteiger partial charge in [0.05, 0.1) is 11.4 Å². The fraction of sp³-hybridized carbons (Fsp3) is 0.375. The van der Waals surface area contributed by atoms with Crippen LogP contribution >= 0.6 is 11.3 Å². The Morgan fingerprint density at radius 2 is 1.93 bits per heavy atom. The number of aryl methyl sites for hydroxylation is 2. The number of ketones is 1. The second kappa shape index (κ2) is 12.3. The molecule has 8 heteroatoms. The van der Waals surface area contributed by atoms with E-state index in [0.717, 1.165) is 55.0 Å². The highest BCUT2D eigenvalue weighted by molar-refractivity contribution is 7.10. The van der Waals surface area contributed by atoms with E-state index in [4.69, 9.17) is 16.2 Å². The van der Waals surface area contributed by atoms with Crippen LogP contribution in [-0.2, 0) is 31.3 Å². The van der Waals surface area contributed by atoms with Crippen LogP contribution in [0.5, 0.6) is 0 Å². The van der Waals surface area contributed by atoms with E-state index in [1.54, 1.807) is 24.5 Å². The minimum Gasteiger partial charge on any atom is -0.383 e. The van der Waals surface area contributed by atoms with Gasteiger partial charge in [0, 0.05) is 64.5 Å². The van der Waals surface area contributed by atoms with Crippen molar-refractivity contribution in [3.05, 3.63) is 92.1 Å². The Bertz CT molecular complexity index is 1490. The molecular weight excluding hydrogens is 516 g/mol. The molecule has 210 valence electrons. The first kappa shape index (κ1) is 29.4. The molecule has 7 nitrogen and oxygen atoms in total. The summed E-state index contributed by atoms with van der Waals surface area (Å²) < 4.78 is 2.07. The number of nitrogens with one attached hydrogen (secondary N) is 1. The summed E-state index contributed by atoms with van der Waals surface area (Å²) in [6.45, 7) is 15.1. The maximum Gasteiger partial charge on any atom is 0.160 e. The van der Waals surface area contributed by atoms with Crippen LogP contribution in [0.1, 0.15) is 83.5 Å². The van der Waals surface area contributed by atoms with Gasteiger partial charge in [0.25, 0.3) is 0 Å². The first-order valence-corrected chi connectivity index (χ1v) is 14.6. The van der Waals surface area contributed by atoms with Gasteiger partial charge in [0.15, 0.2) is 5.78 Å². The number of aromatic nitrogens is 3. The van der Waals surface area contributed by atoms with Crippen molar-refractivity contribution in [2.45, 2.75) is 72.9 Å². The molecule has 0 spiro atoms. The van der Waals surface area contributed by atoms with Gasteiger partial charge in [0.2, 0.25) is 0 Å². The lowest BCUT2D eigenvalue weighted by molar-refractivity contribution is 0.101. The third-order valence-electron chi connectivity index (χ3n) is 7.17. The number of thiophene rings is 1. The van der Waals surface area contributed by atoms with Gasteiger partial charge in [-0.1, -0.05) is 45.4 Å². The smallest absolute Gasteiger partial charge is 0.160 e. The van der Waals surface area contributed by atoms with E-state index in [1.165, 1.54) is 27.9 Å².